The maximum atomic E-state index is 12.7. The van der Waals surface area contributed by atoms with E-state index in [1.807, 2.05) is 0 Å². The topological polar surface area (TPSA) is 88.1 Å². The van der Waals surface area contributed by atoms with Gasteiger partial charge in [-0.05, 0) is 19.2 Å². The molecule has 1 unspecified atom stereocenters. The number of ether oxygens (including phenoxy) is 1. The van der Waals surface area contributed by atoms with Crippen LogP contribution in [-0.2, 0) is 4.79 Å². The number of rotatable bonds is 5. The number of para-hydroxylation sites is 1. The van der Waals surface area contributed by atoms with Gasteiger partial charge in [0.05, 0.1) is 22.6 Å². The molecule has 0 saturated carbocycles. The SMILES string of the molecule is CSC1=C(C#N)C(c2ccccc2OC(F)F)C(C(N)=O)=C(C)N1. The van der Waals surface area contributed by atoms with Gasteiger partial charge < -0.3 is 15.8 Å². The Morgan fingerprint density at radius 3 is 2.67 bits per heavy atom. The first kappa shape index (κ1) is 17.8. The van der Waals surface area contributed by atoms with Crippen molar-refractivity contribution in [3.05, 3.63) is 51.7 Å². The second-order valence-electron chi connectivity index (χ2n) is 4.94. The summed E-state index contributed by atoms with van der Waals surface area (Å²) in [7, 11) is 0. The lowest BCUT2D eigenvalue weighted by Crippen LogP contribution is -2.31. The van der Waals surface area contributed by atoms with E-state index in [9.17, 15) is 18.8 Å². The van der Waals surface area contributed by atoms with Crippen LogP contribution in [0.4, 0.5) is 8.78 Å². The summed E-state index contributed by atoms with van der Waals surface area (Å²) in [6.45, 7) is -1.38. The van der Waals surface area contributed by atoms with Crippen molar-refractivity contribution in [2.45, 2.75) is 19.5 Å². The lowest BCUT2D eigenvalue weighted by molar-refractivity contribution is -0.114. The highest BCUT2D eigenvalue weighted by Crippen LogP contribution is 2.43. The van der Waals surface area contributed by atoms with E-state index in [1.165, 1.54) is 23.9 Å². The Bertz CT molecular complexity index is 769. The first-order valence-electron chi connectivity index (χ1n) is 6.90. The van der Waals surface area contributed by atoms with Crippen LogP contribution in [0.3, 0.4) is 0 Å². The van der Waals surface area contributed by atoms with Crippen LogP contribution < -0.4 is 15.8 Å². The molecule has 1 heterocycles. The largest absolute Gasteiger partial charge is 0.435 e. The van der Waals surface area contributed by atoms with E-state index in [0.29, 0.717) is 10.7 Å². The van der Waals surface area contributed by atoms with E-state index in [1.54, 1.807) is 25.3 Å². The number of nitriles is 1. The molecule has 0 aliphatic carbocycles. The second kappa shape index (κ2) is 7.36. The standard InChI is InChI=1S/C16H15F2N3O2S/c1-8-12(14(20)22)13(10(7-19)15(21-8)24-2)9-5-3-4-6-11(9)23-16(17)18/h3-6,13,16,21H,1-2H3,(H2,20,22). The fraction of sp³-hybridized carbons (Fsp3) is 0.250. The third kappa shape index (κ3) is 3.36. The number of nitrogens with zero attached hydrogens (tertiary/aromatic N) is 1. The number of primary amides is 1. The number of hydrogen-bond donors (Lipinski definition) is 2. The minimum Gasteiger partial charge on any atom is -0.435 e. The van der Waals surface area contributed by atoms with Gasteiger partial charge in [-0.3, -0.25) is 4.79 Å². The fourth-order valence-corrected chi connectivity index (χ4v) is 3.27. The Morgan fingerprint density at radius 1 is 1.46 bits per heavy atom. The minimum atomic E-state index is -3.02. The molecule has 1 aliphatic heterocycles. The number of nitrogens with one attached hydrogen (secondary N) is 1. The van der Waals surface area contributed by atoms with Crippen LogP contribution >= 0.6 is 11.8 Å². The van der Waals surface area contributed by atoms with Gasteiger partial charge in [0.25, 0.3) is 0 Å². The van der Waals surface area contributed by atoms with Crippen molar-refractivity contribution in [1.29, 1.82) is 5.26 Å². The number of benzene rings is 1. The van der Waals surface area contributed by atoms with Gasteiger partial charge in [0.2, 0.25) is 5.91 Å². The predicted octanol–water partition coefficient (Wildman–Crippen LogP) is 2.83. The molecule has 0 fully saturated rings. The zero-order valence-corrected chi connectivity index (χ0v) is 13.8. The highest BCUT2D eigenvalue weighted by molar-refractivity contribution is 8.02. The van der Waals surface area contributed by atoms with E-state index >= 15 is 0 Å². The number of alkyl halides is 2. The third-order valence-electron chi connectivity index (χ3n) is 3.56. The molecule has 5 nitrogen and oxygen atoms in total. The van der Waals surface area contributed by atoms with Crippen LogP contribution in [0.5, 0.6) is 5.75 Å². The van der Waals surface area contributed by atoms with Gasteiger partial charge in [0.1, 0.15) is 5.75 Å². The highest BCUT2D eigenvalue weighted by atomic mass is 32.2. The highest BCUT2D eigenvalue weighted by Gasteiger charge is 2.35. The number of carbonyl (C=O) groups excluding carboxylic acids is 1. The predicted molar refractivity (Wildman–Crippen MR) is 87.0 cm³/mol. The normalized spacial score (nSPS) is 17.6. The van der Waals surface area contributed by atoms with Crippen molar-refractivity contribution < 1.29 is 18.3 Å². The molecule has 0 saturated heterocycles. The first-order valence-corrected chi connectivity index (χ1v) is 8.12. The number of dihydropyridines is 1. The summed E-state index contributed by atoms with van der Waals surface area (Å²) < 4.78 is 30.0. The summed E-state index contributed by atoms with van der Waals surface area (Å²) in [5, 5.41) is 13.1. The van der Waals surface area contributed by atoms with Gasteiger partial charge in [-0.25, -0.2) is 0 Å². The summed E-state index contributed by atoms with van der Waals surface area (Å²) in [5.41, 5.74) is 6.61. The quantitative estimate of drug-likeness (QED) is 0.852. The lowest BCUT2D eigenvalue weighted by Gasteiger charge is -2.29. The summed E-state index contributed by atoms with van der Waals surface area (Å²) in [4.78, 5) is 11.9. The molecule has 0 aromatic heterocycles. The van der Waals surface area contributed by atoms with Crippen molar-refractivity contribution in [3.8, 4) is 11.8 Å². The van der Waals surface area contributed by atoms with Crippen LogP contribution in [0.15, 0.2) is 46.1 Å². The third-order valence-corrected chi connectivity index (χ3v) is 4.29. The lowest BCUT2D eigenvalue weighted by atomic mass is 9.82. The van der Waals surface area contributed by atoms with Gasteiger partial charge in [0.15, 0.2) is 0 Å². The maximum Gasteiger partial charge on any atom is 0.387 e. The number of nitrogens with two attached hydrogens (primary N) is 1. The van der Waals surface area contributed by atoms with Crippen molar-refractivity contribution in [3.63, 3.8) is 0 Å². The molecule has 8 heteroatoms. The van der Waals surface area contributed by atoms with E-state index in [4.69, 9.17) is 5.73 Å². The average Bonchev–Trinajstić information content (AvgIpc) is 2.53. The van der Waals surface area contributed by atoms with Crippen molar-refractivity contribution in [2.75, 3.05) is 6.26 Å². The summed E-state index contributed by atoms with van der Waals surface area (Å²) in [6.07, 6.45) is 1.76. The molecule has 1 aromatic carbocycles. The Kier molecular flexibility index (Phi) is 5.46. The average molecular weight is 351 g/mol. The molecular weight excluding hydrogens is 336 g/mol. The molecule has 0 bridgehead atoms. The van der Waals surface area contributed by atoms with Gasteiger partial charge in [-0.1, -0.05) is 18.2 Å². The Morgan fingerprint density at radius 2 is 2.12 bits per heavy atom. The molecule has 2 rings (SSSR count). The van der Waals surface area contributed by atoms with Gasteiger partial charge >= 0.3 is 6.61 Å². The number of allylic oxidation sites excluding steroid dienone is 2. The molecular formula is C16H15F2N3O2S. The summed E-state index contributed by atoms with van der Waals surface area (Å²) >= 11 is 1.28. The summed E-state index contributed by atoms with van der Waals surface area (Å²) in [6, 6.07) is 8.12. The molecule has 0 radical (unpaired) electrons. The van der Waals surface area contributed by atoms with Gasteiger partial charge in [-0.15, -0.1) is 11.8 Å². The number of hydrogen-bond acceptors (Lipinski definition) is 5. The monoisotopic (exact) mass is 351 g/mol. The number of halogens is 2. The smallest absolute Gasteiger partial charge is 0.387 e. The molecule has 0 spiro atoms. The van der Waals surface area contributed by atoms with Crippen LogP contribution in [0.25, 0.3) is 0 Å². The molecule has 3 N–H and O–H groups in total. The Hall–Kier alpha value is -2.53. The van der Waals surface area contributed by atoms with E-state index in [0.717, 1.165) is 0 Å². The fourth-order valence-electron chi connectivity index (χ4n) is 2.63. The number of thioether (sulfide) groups is 1. The van der Waals surface area contributed by atoms with E-state index in [-0.39, 0.29) is 22.5 Å². The van der Waals surface area contributed by atoms with Gasteiger partial charge in [0, 0.05) is 16.8 Å². The molecule has 1 amide bonds. The number of carbonyl (C=O) groups is 1. The molecule has 1 aliphatic rings. The van der Waals surface area contributed by atoms with Crippen LogP contribution in [0.1, 0.15) is 18.4 Å². The van der Waals surface area contributed by atoms with Crippen LogP contribution in [-0.4, -0.2) is 18.8 Å². The number of amides is 1. The Labute approximate surface area is 142 Å². The zero-order chi connectivity index (χ0) is 17.9. The molecule has 126 valence electrons. The molecule has 1 atom stereocenters. The van der Waals surface area contributed by atoms with Crippen molar-refractivity contribution in [1.82, 2.24) is 5.32 Å². The first-order chi connectivity index (χ1) is 11.4. The molecule has 24 heavy (non-hydrogen) atoms. The second-order valence-corrected chi connectivity index (χ2v) is 5.75. The Balaban J connectivity index is 2.71. The van der Waals surface area contributed by atoms with Crippen molar-refractivity contribution in [2.24, 2.45) is 5.73 Å². The van der Waals surface area contributed by atoms with Crippen molar-refractivity contribution >= 4 is 17.7 Å². The van der Waals surface area contributed by atoms with E-state index < -0.39 is 18.4 Å². The molecule has 1 aromatic rings. The van der Waals surface area contributed by atoms with E-state index in [2.05, 4.69) is 16.1 Å². The summed E-state index contributed by atoms with van der Waals surface area (Å²) in [5.74, 6) is -1.70. The minimum absolute atomic E-state index is 0.0980. The van der Waals surface area contributed by atoms with Crippen LogP contribution in [0, 0.1) is 11.3 Å². The van der Waals surface area contributed by atoms with Gasteiger partial charge in [-0.2, -0.15) is 14.0 Å². The maximum absolute atomic E-state index is 12.7. The van der Waals surface area contributed by atoms with Crippen LogP contribution in [0.2, 0.25) is 0 Å². The zero-order valence-electron chi connectivity index (χ0n) is 13.0.